The van der Waals surface area contributed by atoms with Gasteiger partial charge in [0.1, 0.15) is 6.61 Å². The van der Waals surface area contributed by atoms with Crippen molar-refractivity contribution in [3.05, 3.63) is 0 Å². The topological polar surface area (TPSA) is 58.6 Å². The van der Waals surface area contributed by atoms with E-state index in [0.717, 1.165) is 6.54 Å². The third-order valence-electron chi connectivity index (χ3n) is 0.731. The molecule has 0 saturated carbocycles. The zero-order chi connectivity index (χ0) is 7.11. The second-order valence-corrected chi connectivity index (χ2v) is 2.16. The van der Waals surface area contributed by atoms with Gasteiger partial charge in [0, 0.05) is 11.1 Å². The minimum absolute atomic E-state index is 0.291. The van der Waals surface area contributed by atoms with E-state index < -0.39 is 8.25 Å². The molecule has 9 heavy (non-hydrogen) atoms. The first-order valence-corrected chi connectivity index (χ1v) is 3.90. The Labute approximate surface area is 55.2 Å². The van der Waals surface area contributed by atoms with Gasteiger partial charge in [-0.1, -0.05) is 6.92 Å². The van der Waals surface area contributed by atoms with Crippen molar-refractivity contribution in [3.63, 3.8) is 0 Å². The summed E-state index contributed by atoms with van der Waals surface area (Å²) < 4.78 is 14.2. The third-order valence-corrected chi connectivity index (χ3v) is 1.13. The van der Waals surface area contributed by atoms with Crippen molar-refractivity contribution in [2.24, 2.45) is 0 Å². The molecular weight excluding hydrogens is 141 g/mol. The van der Waals surface area contributed by atoms with Crippen LogP contribution in [-0.2, 0) is 9.09 Å². The fourth-order valence-electron chi connectivity index (χ4n) is 0.373. The van der Waals surface area contributed by atoms with E-state index in [-0.39, 0.29) is 0 Å². The predicted molar refractivity (Wildman–Crippen MR) is 34.3 cm³/mol. The Hall–Kier alpha value is -0.0200. The number of rotatable bonds is 5. The van der Waals surface area contributed by atoms with Crippen LogP contribution >= 0.6 is 8.25 Å². The van der Waals surface area contributed by atoms with Gasteiger partial charge in [-0.3, -0.25) is 0 Å². The zero-order valence-corrected chi connectivity index (χ0v) is 6.23. The number of likely N-dealkylation sites (N-methyl/N-ethyl adjacent to an activating group) is 1. The zero-order valence-electron chi connectivity index (χ0n) is 5.33. The highest BCUT2D eigenvalue weighted by Gasteiger charge is 2.09. The average molecular weight is 152 g/mol. The van der Waals surface area contributed by atoms with Gasteiger partial charge in [0.05, 0.1) is 0 Å². The predicted octanol–water partition coefficient (Wildman–Crippen LogP) is 0.262. The van der Waals surface area contributed by atoms with Crippen molar-refractivity contribution in [2.75, 3.05) is 19.7 Å². The molecule has 1 unspecified atom stereocenters. The van der Waals surface area contributed by atoms with Gasteiger partial charge in [-0.25, -0.2) is 0 Å². The first-order chi connectivity index (χ1) is 4.27. The summed E-state index contributed by atoms with van der Waals surface area (Å²) in [6.07, 6.45) is 0. The molecule has 0 amide bonds. The van der Waals surface area contributed by atoms with Crippen molar-refractivity contribution in [1.82, 2.24) is 5.32 Å². The molecular formula is C4H11NO3P+. The fraction of sp³-hybridized carbons (Fsp3) is 1.00. The molecule has 0 rings (SSSR count). The van der Waals surface area contributed by atoms with E-state index in [4.69, 9.17) is 4.89 Å². The summed E-state index contributed by atoms with van der Waals surface area (Å²) in [4.78, 5) is 8.11. The van der Waals surface area contributed by atoms with Crippen LogP contribution in [0.2, 0.25) is 0 Å². The van der Waals surface area contributed by atoms with E-state index in [1.807, 2.05) is 6.92 Å². The molecule has 0 fully saturated rings. The maximum atomic E-state index is 9.86. The molecule has 4 nitrogen and oxygen atoms in total. The molecule has 0 aliphatic carbocycles. The fourth-order valence-corrected chi connectivity index (χ4v) is 0.620. The molecule has 0 aromatic rings. The van der Waals surface area contributed by atoms with Crippen molar-refractivity contribution in [2.45, 2.75) is 6.92 Å². The summed E-state index contributed by atoms with van der Waals surface area (Å²) in [6.45, 7) is 3.72. The van der Waals surface area contributed by atoms with E-state index in [9.17, 15) is 4.57 Å². The van der Waals surface area contributed by atoms with Crippen molar-refractivity contribution >= 4 is 8.25 Å². The van der Waals surface area contributed by atoms with Crippen LogP contribution in [0.15, 0.2) is 0 Å². The summed E-state index contributed by atoms with van der Waals surface area (Å²) in [7, 11) is -2.41. The van der Waals surface area contributed by atoms with E-state index in [1.165, 1.54) is 0 Å². The summed E-state index contributed by atoms with van der Waals surface area (Å²) in [5.41, 5.74) is 0. The van der Waals surface area contributed by atoms with Gasteiger partial charge in [-0.05, 0) is 6.54 Å². The van der Waals surface area contributed by atoms with Crippen LogP contribution in [-0.4, -0.2) is 24.6 Å². The van der Waals surface area contributed by atoms with E-state index >= 15 is 0 Å². The van der Waals surface area contributed by atoms with Gasteiger partial charge in [0.2, 0.25) is 0 Å². The number of hydrogen-bond donors (Lipinski definition) is 2. The van der Waals surface area contributed by atoms with Crippen molar-refractivity contribution in [1.29, 1.82) is 0 Å². The van der Waals surface area contributed by atoms with Gasteiger partial charge >= 0.3 is 8.25 Å². The third kappa shape index (κ3) is 7.98. The summed E-state index contributed by atoms with van der Waals surface area (Å²) in [5.74, 6) is 0. The van der Waals surface area contributed by atoms with Crippen LogP contribution in [0, 0.1) is 0 Å². The lowest BCUT2D eigenvalue weighted by atomic mass is 10.6. The van der Waals surface area contributed by atoms with E-state index in [1.54, 1.807) is 0 Å². The van der Waals surface area contributed by atoms with Gasteiger partial charge in [-0.15, -0.1) is 9.42 Å². The quantitative estimate of drug-likeness (QED) is 0.438. The lowest BCUT2D eigenvalue weighted by Gasteiger charge is -1.92. The Bertz CT molecular complexity index is 87.9. The molecule has 0 saturated heterocycles. The van der Waals surface area contributed by atoms with Gasteiger partial charge < -0.3 is 5.32 Å². The maximum Gasteiger partial charge on any atom is 0.694 e. The highest BCUT2D eigenvalue weighted by Crippen LogP contribution is 2.12. The van der Waals surface area contributed by atoms with E-state index in [0.29, 0.717) is 13.2 Å². The molecule has 0 heterocycles. The lowest BCUT2D eigenvalue weighted by Crippen LogP contribution is -2.17. The van der Waals surface area contributed by atoms with E-state index in [2.05, 4.69) is 9.84 Å². The van der Waals surface area contributed by atoms with Crippen LogP contribution in [0.5, 0.6) is 0 Å². The Balaban J connectivity index is 2.83. The largest absolute Gasteiger partial charge is 0.694 e. The molecule has 0 bridgehead atoms. The Kier molecular flexibility index (Phi) is 6.09. The van der Waals surface area contributed by atoms with Crippen molar-refractivity contribution in [3.8, 4) is 0 Å². The Morgan fingerprint density at radius 3 is 2.89 bits per heavy atom. The molecule has 0 aliphatic rings. The minimum Gasteiger partial charge on any atom is -0.315 e. The summed E-state index contributed by atoms with van der Waals surface area (Å²) >= 11 is 0. The molecule has 0 spiro atoms. The Morgan fingerprint density at radius 2 is 2.44 bits per heavy atom. The van der Waals surface area contributed by atoms with Crippen LogP contribution in [0.1, 0.15) is 6.92 Å². The molecule has 0 aromatic carbocycles. The normalized spacial score (nSPS) is 11.6. The summed E-state index contributed by atoms with van der Waals surface area (Å²) in [6, 6.07) is 0. The molecule has 0 aliphatic heterocycles. The first kappa shape index (κ1) is 8.98. The number of nitrogens with one attached hydrogen (secondary N) is 1. The lowest BCUT2D eigenvalue weighted by molar-refractivity contribution is 0.281. The monoisotopic (exact) mass is 152 g/mol. The van der Waals surface area contributed by atoms with Gasteiger partial charge in [0.15, 0.2) is 0 Å². The van der Waals surface area contributed by atoms with Crippen LogP contribution in [0.3, 0.4) is 0 Å². The molecule has 2 N–H and O–H groups in total. The van der Waals surface area contributed by atoms with Crippen LogP contribution in [0.25, 0.3) is 0 Å². The second kappa shape index (κ2) is 6.11. The van der Waals surface area contributed by atoms with Crippen molar-refractivity contribution < 1.29 is 14.0 Å². The highest BCUT2D eigenvalue weighted by atomic mass is 31.1. The smallest absolute Gasteiger partial charge is 0.315 e. The second-order valence-electron chi connectivity index (χ2n) is 1.42. The van der Waals surface area contributed by atoms with Gasteiger partial charge in [0.25, 0.3) is 0 Å². The first-order valence-electron chi connectivity index (χ1n) is 2.77. The minimum atomic E-state index is -2.41. The molecule has 0 aromatic heterocycles. The Morgan fingerprint density at radius 1 is 1.78 bits per heavy atom. The van der Waals surface area contributed by atoms with Gasteiger partial charge in [-0.2, -0.15) is 0 Å². The van der Waals surface area contributed by atoms with Crippen LogP contribution in [0.4, 0.5) is 0 Å². The maximum absolute atomic E-state index is 9.86. The highest BCUT2D eigenvalue weighted by molar-refractivity contribution is 7.32. The standard InChI is InChI=1S/C4H10NO3P/c1-2-5-3-4-8-9(6)7/h5H,2-4H2,1H3/p+1. The average Bonchev–Trinajstić information content (AvgIpc) is 1.80. The van der Waals surface area contributed by atoms with Crippen LogP contribution < -0.4 is 5.32 Å². The SMILES string of the molecule is CCNCCO[P+](=O)O. The number of hydrogen-bond acceptors (Lipinski definition) is 3. The molecule has 5 heteroatoms. The molecule has 54 valence electrons. The molecule has 0 radical (unpaired) electrons. The molecule has 1 atom stereocenters. The summed E-state index contributed by atoms with van der Waals surface area (Å²) in [5, 5.41) is 2.94.